The summed E-state index contributed by atoms with van der Waals surface area (Å²) in [5.41, 5.74) is 7.63. The fourth-order valence-corrected chi connectivity index (χ4v) is 3.21. The van der Waals surface area contributed by atoms with Gasteiger partial charge in [0.05, 0.1) is 0 Å². The standard InChI is InChI=1S/C15H28N4/c1-13-4-8-15(12-16,9-5-13)18(2)11-7-14-6-10-17-19(14)3/h6,10,13H,4-5,7-9,11-12,16H2,1-3H3. The van der Waals surface area contributed by atoms with Crippen molar-refractivity contribution >= 4 is 0 Å². The minimum atomic E-state index is 0.227. The maximum atomic E-state index is 6.10. The summed E-state index contributed by atoms with van der Waals surface area (Å²) >= 11 is 0. The third kappa shape index (κ3) is 3.18. The van der Waals surface area contributed by atoms with Gasteiger partial charge in [-0.05, 0) is 44.7 Å². The van der Waals surface area contributed by atoms with E-state index >= 15 is 0 Å². The minimum absolute atomic E-state index is 0.227. The van der Waals surface area contributed by atoms with Crippen LogP contribution in [0.5, 0.6) is 0 Å². The minimum Gasteiger partial charge on any atom is -0.329 e. The molecule has 1 aromatic heterocycles. The fourth-order valence-electron chi connectivity index (χ4n) is 3.21. The highest BCUT2D eigenvalue weighted by Gasteiger charge is 2.36. The molecule has 1 aliphatic rings. The van der Waals surface area contributed by atoms with Crippen molar-refractivity contribution in [2.24, 2.45) is 18.7 Å². The third-order valence-electron chi connectivity index (χ3n) is 5.02. The molecule has 19 heavy (non-hydrogen) atoms. The first kappa shape index (κ1) is 14.5. The van der Waals surface area contributed by atoms with Crippen LogP contribution in [-0.2, 0) is 13.5 Å². The molecule has 2 N–H and O–H groups in total. The first-order valence-electron chi connectivity index (χ1n) is 7.45. The van der Waals surface area contributed by atoms with Gasteiger partial charge in [-0.2, -0.15) is 5.10 Å². The van der Waals surface area contributed by atoms with E-state index in [2.05, 4.69) is 30.0 Å². The summed E-state index contributed by atoms with van der Waals surface area (Å²) in [5, 5.41) is 4.23. The molecular formula is C15H28N4. The van der Waals surface area contributed by atoms with Gasteiger partial charge in [-0.25, -0.2) is 0 Å². The molecule has 2 rings (SSSR count). The van der Waals surface area contributed by atoms with Crippen LogP contribution < -0.4 is 5.73 Å². The number of hydrogen-bond acceptors (Lipinski definition) is 3. The van der Waals surface area contributed by atoms with Crippen LogP contribution in [-0.4, -0.2) is 40.4 Å². The molecule has 1 fully saturated rings. The zero-order valence-corrected chi connectivity index (χ0v) is 12.6. The predicted molar refractivity (Wildman–Crippen MR) is 79.0 cm³/mol. The molecule has 108 valence electrons. The van der Waals surface area contributed by atoms with E-state index in [-0.39, 0.29) is 5.54 Å². The van der Waals surface area contributed by atoms with Crippen LogP contribution in [0.2, 0.25) is 0 Å². The number of aryl methyl sites for hydroxylation is 1. The SMILES string of the molecule is CC1CCC(CN)(N(C)CCc2ccnn2C)CC1. The van der Waals surface area contributed by atoms with Crippen molar-refractivity contribution in [2.75, 3.05) is 20.1 Å². The van der Waals surface area contributed by atoms with Gasteiger partial charge in [0, 0.05) is 44.0 Å². The molecule has 0 spiro atoms. The van der Waals surface area contributed by atoms with Crippen LogP contribution in [0.15, 0.2) is 12.3 Å². The van der Waals surface area contributed by atoms with Gasteiger partial charge < -0.3 is 5.73 Å². The van der Waals surface area contributed by atoms with E-state index in [1.54, 1.807) is 0 Å². The average molecular weight is 264 g/mol. The van der Waals surface area contributed by atoms with Gasteiger partial charge in [0.1, 0.15) is 0 Å². The molecule has 1 aliphatic carbocycles. The molecule has 0 unspecified atom stereocenters. The van der Waals surface area contributed by atoms with Crippen LogP contribution in [0.25, 0.3) is 0 Å². The smallest absolute Gasteiger partial charge is 0.0492 e. The molecule has 0 aliphatic heterocycles. The Hall–Kier alpha value is -0.870. The molecule has 4 heteroatoms. The normalized spacial score (nSPS) is 27.9. The second kappa shape index (κ2) is 6.06. The first-order valence-corrected chi connectivity index (χ1v) is 7.45. The van der Waals surface area contributed by atoms with Crippen molar-refractivity contribution in [3.05, 3.63) is 18.0 Å². The van der Waals surface area contributed by atoms with Gasteiger partial charge in [-0.1, -0.05) is 6.92 Å². The quantitative estimate of drug-likeness (QED) is 0.882. The summed E-state index contributed by atoms with van der Waals surface area (Å²) in [5.74, 6) is 0.866. The Kier molecular flexibility index (Phi) is 4.63. The average Bonchev–Trinajstić information content (AvgIpc) is 2.83. The summed E-state index contributed by atoms with van der Waals surface area (Å²) in [6.45, 7) is 4.20. The van der Waals surface area contributed by atoms with Crippen molar-refractivity contribution < 1.29 is 0 Å². The highest BCUT2D eigenvalue weighted by molar-refractivity contribution is 5.02. The summed E-state index contributed by atoms with van der Waals surface area (Å²) in [4.78, 5) is 2.49. The van der Waals surface area contributed by atoms with Gasteiger partial charge in [0.25, 0.3) is 0 Å². The highest BCUT2D eigenvalue weighted by atomic mass is 15.3. The van der Waals surface area contributed by atoms with Crippen molar-refractivity contribution in [2.45, 2.75) is 44.6 Å². The summed E-state index contributed by atoms with van der Waals surface area (Å²) in [6, 6.07) is 2.10. The first-order chi connectivity index (χ1) is 9.07. The van der Waals surface area contributed by atoms with Crippen LogP contribution >= 0.6 is 0 Å². The molecule has 1 saturated carbocycles. The maximum Gasteiger partial charge on any atom is 0.0492 e. The number of likely N-dealkylation sites (N-methyl/N-ethyl adjacent to an activating group) is 1. The summed E-state index contributed by atoms with van der Waals surface area (Å²) in [6.07, 6.45) is 8.03. The molecule has 0 atom stereocenters. The molecule has 0 amide bonds. The topological polar surface area (TPSA) is 47.1 Å². The van der Waals surface area contributed by atoms with Crippen LogP contribution in [0.1, 0.15) is 38.3 Å². The zero-order valence-electron chi connectivity index (χ0n) is 12.6. The van der Waals surface area contributed by atoms with Gasteiger partial charge in [-0.15, -0.1) is 0 Å². The van der Waals surface area contributed by atoms with Crippen LogP contribution in [0, 0.1) is 5.92 Å². The van der Waals surface area contributed by atoms with Crippen molar-refractivity contribution in [1.82, 2.24) is 14.7 Å². The lowest BCUT2D eigenvalue weighted by Crippen LogP contribution is -2.54. The number of aromatic nitrogens is 2. The Balaban J connectivity index is 1.93. The monoisotopic (exact) mass is 264 g/mol. The Morgan fingerprint density at radius 2 is 2.16 bits per heavy atom. The Bertz CT molecular complexity index is 391. The van der Waals surface area contributed by atoms with E-state index in [0.717, 1.165) is 25.4 Å². The lowest BCUT2D eigenvalue weighted by Gasteiger charge is -2.45. The second-order valence-electron chi connectivity index (χ2n) is 6.23. The van der Waals surface area contributed by atoms with Gasteiger partial charge in [-0.3, -0.25) is 9.58 Å². The van der Waals surface area contributed by atoms with Gasteiger partial charge in [0.15, 0.2) is 0 Å². The van der Waals surface area contributed by atoms with E-state index in [0.29, 0.717) is 0 Å². The largest absolute Gasteiger partial charge is 0.329 e. The summed E-state index contributed by atoms with van der Waals surface area (Å²) in [7, 11) is 4.25. The molecule has 0 bridgehead atoms. The third-order valence-corrected chi connectivity index (χ3v) is 5.02. The number of rotatable bonds is 5. The summed E-state index contributed by atoms with van der Waals surface area (Å²) < 4.78 is 1.96. The number of hydrogen-bond donors (Lipinski definition) is 1. The van der Waals surface area contributed by atoms with Gasteiger partial charge >= 0.3 is 0 Å². The fraction of sp³-hybridized carbons (Fsp3) is 0.800. The van der Waals surface area contributed by atoms with E-state index in [1.807, 2.05) is 17.9 Å². The van der Waals surface area contributed by atoms with Crippen LogP contribution in [0.3, 0.4) is 0 Å². The highest BCUT2D eigenvalue weighted by Crippen LogP contribution is 2.35. The predicted octanol–water partition coefficient (Wildman–Crippen LogP) is 1.80. The molecule has 0 saturated heterocycles. The molecule has 1 aromatic rings. The number of nitrogens with two attached hydrogens (primary N) is 1. The zero-order chi connectivity index (χ0) is 13.9. The number of nitrogens with zero attached hydrogens (tertiary/aromatic N) is 3. The van der Waals surface area contributed by atoms with Crippen molar-refractivity contribution in [3.8, 4) is 0 Å². The molecule has 4 nitrogen and oxygen atoms in total. The lowest BCUT2D eigenvalue weighted by molar-refractivity contribution is 0.0685. The van der Waals surface area contributed by atoms with Crippen molar-refractivity contribution in [1.29, 1.82) is 0 Å². The van der Waals surface area contributed by atoms with Gasteiger partial charge in [0.2, 0.25) is 0 Å². The molecule has 0 radical (unpaired) electrons. The molecule has 1 heterocycles. The Labute approximate surface area is 117 Å². The Morgan fingerprint density at radius 1 is 1.47 bits per heavy atom. The second-order valence-corrected chi connectivity index (χ2v) is 6.23. The Morgan fingerprint density at radius 3 is 2.68 bits per heavy atom. The molecular weight excluding hydrogens is 236 g/mol. The molecule has 0 aromatic carbocycles. The van der Waals surface area contributed by atoms with Crippen molar-refractivity contribution in [3.63, 3.8) is 0 Å². The van der Waals surface area contributed by atoms with E-state index in [1.165, 1.54) is 31.4 Å². The maximum absolute atomic E-state index is 6.10. The lowest BCUT2D eigenvalue weighted by atomic mass is 9.76. The van der Waals surface area contributed by atoms with E-state index in [9.17, 15) is 0 Å². The van der Waals surface area contributed by atoms with E-state index < -0.39 is 0 Å². The van der Waals surface area contributed by atoms with Crippen LogP contribution in [0.4, 0.5) is 0 Å². The van der Waals surface area contributed by atoms with E-state index in [4.69, 9.17) is 5.73 Å².